The van der Waals surface area contributed by atoms with Crippen LogP contribution in [0.2, 0.25) is 0 Å². The average Bonchev–Trinajstić information content (AvgIpc) is 3.14. The number of methoxy groups -OCH3 is 1. The lowest BCUT2D eigenvalue weighted by Crippen LogP contribution is -2.11. The van der Waals surface area contributed by atoms with Crippen molar-refractivity contribution in [1.82, 2.24) is 0 Å². The first-order chi connectivity index (χ1) is 12.1. The maximum atomic E-state index is 11.5. The monoisotopic (exact) mass is 338 g/mol. The molecular formula is C21H22O4. The van der Waals surface area contributed by atoms with Gasteiger partial charge in [-0.05, 0) is 60.6 Å². The third kappa shape index (κ3) is 3.53. The van der Waals surface area contributed by atoms with Crippen LogP contribution in [0.3, 0.4) is 0 Å². The number of benzene rings is 2. The van der Waals surface area contributed by atoms with Gasteiger partial charge in [0.15, 0.2) is 11.5 Å². The number of hydrogen-bond donors (Lipinski definition) is 1. The first-order valence-corrected chi connectivity index (χ1v) is 8.48. The third-order valence-electron chi connectivity index (χ3n) is 4.61. The van der Waals surface area contributed by atoms with E-state index < -0.39 is 5.97 Å². The molecular weight excluding hydrogens is 316 g/mol. The Balaban J connectivity index is 2.04. The van der Waals surface area contributed by atoms with E-state index in [2.05, 4.69) is 6.58 Å². The summed E-state index contributed by atoms with van der Waals surface area (Å²) in [6.45, 7) is 3.78. The minimum Gasteiger partial charge on any atom is -0.493 e. The number of ether oxygens (including phenoxy) is 2. The fraction of sp³-hybridized carbons (Fsp3) is 0.286. The summed E-state index contributed by atoms with van der Waals surface area (Å²) in [4.78, 5) is 11.5. The third-order valence-corrected chi connectivity index (χ3v) is 4.61. The molecule has 0 heterocycles. The molecule has 0 saturated heterocycles. The minimum absolute atomic E-state index is 0.216. The molecule has 1 fully saturated rings. The van der Waals surface area contributed by atoms with Gasteiger partial charge in [0, 0.05) is 0 Å². The summed E-state index contributed by atoms with van der Waals surface area (Å²) < 4.78 is 11.6. The van der Waals surface area contributed by atoms with Gasteiger partial charge in [-0.1, -0.05) is 30.9 Å². The van der Waals surface area contributed by atoms with Gasteiger partial charge in [-0.25, -0.2) is 4.79 Å². The number of carboxylic acid groups (broad SMARTS) is 1. The molecule has 0 amide bonds. The van der Waals surface area contributed by atoms with Crippen LogP contribution in [0.5, 0.6) is 11.5 Å². The van der Waals surface area contributed by atoms with Gasteiger partial charge in [0.05, 0.1) is 18.8 Å². The molecule has 0 bridgehead atoms. The van der Waals surface area contributed by atoms with E-state index in [0.717, 1.165) is 24.0 Å². The second kappa shape index (κ2) is 7.43. The standard InChI is InChI=1S/C21H22O4/c1-3-16-17(9-6-10-18(16)21(22)23)14-11-12-19(24-2)20(13-14)25-15-7-4-5-8-15/h3,6,9-13,15H,1,4-5,7-8H2,2H3,(H,22,23). The van der Waals surface area contributed by atoms with Crippen molar-refractivity contribution in [1.29, 1.82) is 0 Å². The predicted octanol–water partition coefficient (Wildman–Crippen LogP) is 5.02. The zero-order valence-corrected chi connectivity index (χ0v) is 14.3. The molecule has 4 nitrogen and oxygen atoms in total. The van der Waals surface area contributed by atoms with Crippen LogP contribution in [0.15, 0.2) is 43.0 Å². The molecule has 0 unspecified atom stereocenters. The SMILES string of the molecule is C=Cc1c(C(=O)O)cccc1-c1ccc(OC)c(OC2CCCC2)c1. The summed E-state index contributed by atoms with van der Waals surface area (Å²) in [5.74, 6) is 0.417. The second-order valence-corrected chi connectivity index (χ2v) is 6.17. The number of rotatable bonds is 6. The highest BCUT2D eigenvalue weighted by Crippen LogP contribution is 2.37. The smallest absolute Gasteiger partial charge is 0.336 e. The summed E-state index contributed by atoms with van der Waals surface area (Å²) in [6.07, 6.45) is 6.29. The Morgan fingerprint density at radius 3 is 2.60 bits per heavy atom. The molecule has 3 rings (SSSR count). The number of aromatic carboxylic acids is 1. The largest absolute Gasteiger partial charge is 0.493 e. The van der Waals surface area contributed by atoms with Crippen LogP contribution in [0, 0.1) is 0 Å². The average molecular weight is 338 g/mol. The first-order valence-electron chi connectivity index (χ1n) is 8.48. The summed E-state index contributed by atoms with van der Waals surface area (Å²) >= 11 is 0. The quantitative estimate of drug-likeness (QED) is 0.803. The van der Waals surface area contributed by atoms with E-state index >= 15 is 0 Å². The van der Waals surface area contributed by atoms with Gasteiger partial charge in [-0.15, -0.1) is 0 Å². The Labute approximate surface area is 147 Å². The minimum atomic E-state index is -0.965. The van der Waals surface area contributed by atoms with E-state index in [9.17, 15) is 9.90 Å². The van der Waals surface area contributed by atoms with Crippen LogP contribution in [0.25, 0.3) is 17.2 Å². The van der Waals surface area contributed by atoms with Crippen molar-refractivity contribution in [2.75, 3.05) is 7.11 Å². The molecule has 25 heavy (non-hydrogen) atoms. The maximum Gasteiger partial charge on any atom is 0.336 e. The van der Waals surface area contributed by atoms with E-state index in [4.69, 9.17) is 9.47 Å². The van der Waals surface area contributed by atoms with Crippen LogP contribution in [-0.2, 0) is 0 Å². The Morgan fingerprint density at radius 2 is 1.96 bits per heavy atom. The number of carboxylic acids is 1. The topological polar surface area (TPSA) is 55.8 Å². The molecule has 1 N–H and O–H groups in total. The zero-order chi connectivity index (χ0) is 17.8. The summed E-state index contributed by atoms with van der Waals surface area (Å²) in [7, 11) is 1.62. The lowest BCUT2D eigenvalue weighted by Gasteiger charge is -2.18. The van der Waals surface area contributed by atoms with Gasteiger partial charge < -0.3 is 14.6 Å². The highest BCUT2D eigenvalue weighted by atomic mass is 16.5. The van der Waals surface area contributed by atoms with Crippen molar-refractivity contribution in [2.24, 2.45) is 0 Å². The molecule has 2 aromatic carbocycles. The predicted molar refractivity (Wildman–Crippen MR) is 98.4 cm³/mol. The molecule has 0 atom stereocenters. The van der Waals surface area contributed by atoms with Gasteiger partial charge in [0.2, 0.25) is 0 Å². The molecule has 0 aliphatic heterocycles. The van der Waals surface area contributed by atoms with Gasteiger partial charge in [0.25, 0.3) is 0 Å². The molecule has 0 radical (unpaired) electrons. The summed E-state index contributed by atoms with van der Waals surface area (Å²) in [6, 6.07) is 10.9. The normalized spacial score (nSPS) is 14.3. The van der Waals surface area contributed by atoms with Crippen molar-refractivity contribution in [3.05, 3.63) is 54.1 Å². The molecule has 2 aromatic rings. The van der Waals surface area contributed by atoms with Crippen LogP contribution >= 0.6 is 0 Å². The molecule has 4 heteroatoms. The van der Waals surface area contributed by atoms with Crippen LogP contribution in [-0.4, -0.2) is 24.3 Å². The molecule has 1 aliphatic carbocycles. The van der Waals surface area contributed by atoms with Crippen LogP contribution in [0.4, 0.5) is 0 Å². The fourth-order valence-electron chi connectivity index (χ4n) is 3.35. The van der Waals surface area contributed by atoms with Crippen molar-refractivity contribution >= 4 is 12.0 Å². The van der Waals surface area contributed by atoms with E-state index in [1.807, 2.05) is 24.3 Å². The summed E-state index contributed by atoms with van der Waals surface area (Å²) in [5.41, 5.74) is 2.54. The second-order valence-electron chi connectivity index (χ2n) is 6.17. The lowest BCUT2D eigenvalue weighted by atomic mass is 9.95. The van der Waals surface area contributed by atoms with E-state index in [1.165, 1.54) is 12.8 Å². The Kier molecular flexibility index (Phi) is 5.08. The Hall–Kier alpha value is -2.75. The van der Waals surface area contributed by atoms with Crippen LogP contribution in [0.1, 0.15) is 41.6 Å². The van der Waals surface area contributed by atoms with Gasteiger partial charge in [-0.2, -0.15) is 0 Å². The molecule has 0 spiro atoms. The maximum absolute atomic E-state index is 11.5. The highest BCUT2D eigenvalue weighted by Gasteiger charge is 2.20. The van der Waals surface area contributed by atoms with E-state index in [1.54, 1.807) is 25.3 Å². The van der Waals surface area contributed by atoms with Crippen LogP contribution < -0.4 is 9.47 Å². The fourth-order valence-corrected chi connectivity index (χ4v) is 3.35. The highest BCUT2D eigenvalue weighted by molar-refractivity contribution is 5.96. The number of hydrogen-bond acceptors (Lipinski definition) is 3. The van der Waals surface area contributed by atoms with Gasteiger partial charge >= 0.3 is 5.97 Å². The van der Waals surface area contributed by atoms with Gasteiger partial charge in [0.1, 0.15) is 0 Å². The Morgan fingerprint density at radius 1 is 1.20 bits per heavy atom. The number of carbonyl (C=O) groups is 1. The summed E-state index contributed by atoms with van der Waals surface area (Å²) in [5, 5.41) is 9.40. The van der Waals surface area contributed by atoms with E-state index in [0.29, 0.717) is 17.1 Å². The first kappa shape index (κ1) is 17.1. The van der Waals surface area contributed by atoms with Gasteiger partial charge in [-0.3, -0.25) is 0 Å². The molecule has 0 aromatic heterocycles. The van der Waals surface area contributed by atoms with E-state index in [-0.39, 0.29) is 11.7 Å². The van der Waals surface area contributed by atoms with Crippen molar-refractivity contribution in [3.8, 4) is 22.6 Å². The molecule has 1 aliphatic rings. The molecule has 1 saturated carbocycles. The van der Waals surface area contributed by atoms with Crippen molar-refractivity contribution in [2.45, 2.75) is 31.8 Å². The Bertz CT molecular complexity index is 788. The van der Waals surface area contributed by atoms with Crippen molar-refractivity contribution in [3.63, 3.8) is 0 Å². The van der Waals surface area contributed by atoms with Crippen molar-refractivity contribution < 1.29 is 19.4 Å². The zero-order valence-electron chi connectivity index (χ0n) is 14.3. The molecule has 130 valence electrons. The lowest BCUT2D eigenvalue weighted by molar-refractivity contribution is 0.0696.